The van der Waals surface area contributed by atoms with Gasteiger partial charge >= 0.3 is 0 Å². The van der Waals surface area contributed by atoms with Crippen LogP contribution in [-0.4, -0.2) is 65.8 Å². The third kappa shape index (κ3) is 4.76. The van der Waals surface area contributed by atoms with Gasteiger partial charge in [0.15, 0.2) is 0 Å². The number of carbonyl (C=O) groups excluding carboxylic acids is 3. The maximum absolute atomic E-state index is 13.2. The largest absolute Gasteiger partial charge is 0.490 e. The van der Waals surface area contributed by atoms with Gasteiger partial charge in [0.25, 0.3) is 5.91 Å². The van der Waals surface area contributed by atoms with Crippen LogP contribution in [0.15, 0.2) is 42.5 Å². The third-order valence-electron chi connectivity index (χ3n) is 9.80. The number of anilines is 1. The molecule has 4 aliphatic heterocycles. The number of hydrogen-bond acceptors (Lipinski definition) is 6. The highest BCUT2D eigenvalue weighted by atomic mass is 16.5. The average molecular weight is 543 g/mol. The zero-order valence-corrected chi connectivity index (χ0v) is 23.1. The van der Waals surface area contributed by atoms with Crippen molar-refractivity contribution in [2.75, 3.05) is 31.1 Å². The van der Waals surface area contributed by atoms with Gasteiger partial charge in [-0.3, -0.25) is 24.6 Å². The van der Waals surface area contributed by atoms with Crippen LogP contribution >= 0.6 is 0 Å². The molecule has 1 N–H and O–H groups in total. The third-order valence-corrected chi connectivity index (χ3v) is 9.80. The van der Waals surface area contributed by atoms with Crippen molar-refractivity contribution in [3.8, 4) is 5.75 Å². The van der Waals surface area contributed by atoms with Gasteiger partial charge in [-0.1, -0.05) is 18.2 Å². The normalized spacial score (nSPS) is 24.8. The number of fused-ring (bicyclic) bond motifs is 1. The molecule has 210 valence electrons. The molecule has 2 aromatic carbocycles. The van der Waals surface area contributed by atoms with Crippen molar-refractivity contribution in [2.45, 2.75) is 76.6 Å². The van der Waals surface area contributed by atoms with Crippen molar-refractivity contribution >= 4 is 23.4 Å². The molecule has 4 fully saturated rings. The predicted octanol–water partition coefficient (Wildman–Crippen LogP) is 3.87. The van der Waals surface area contributed by atoms with Crippen LogP contribution in [0.25, 0.3) is 0 Å². The lowest BCUT2D eigenvalue weighted by molar-refractivity contribution is -0.136. The number of ether oxygens (including phenoxy) is 1. The van der Waals surface area contributed by atoms with E-state index in [0.717, 1.165) is 49.7 Å². The highest BCUT2D eigenvalue weighted by molar-refractivity contribution is 6.06. The molecule has 8 heteroatoms. The second-order valence-electron chi connectivity index (χ2n) is 12.5. The molecule has 1 atom stereocenters. The molecule has 0 aromatic heterocycles. The van der Waals surface area contributed by atoms with E-state index in [1.807, 2.05) is 12.1 Å². The Kier molecular flexibility index (Phi) is 6.53. The van der Waals surface area contributed by atoms with Crippen molar-refractivity contribution in [1.82, 2.24) is 15.1 Å². The molecule has 4 heterocycles. The molecule has 2 aromatic rings. The second kappa shape index (κ2) is 10.2. The Morgan fingerprint density at radius 2 is 1.68 bits per heavy atom. The summed E-state index contributed by atoms with van der Waals surface area (Å²) in [5, 5.41) is 2.39. The minimum atomic E-state index is -0.575. The monoisotopic (exact) mass is 542 g/mol. The fourth-order valence-electron chi connectivity index (χ4n) is 7.43. The predicted molar refractivity (Wildman–Crippen MR) is 151 cm³/mol. The lowest BCUT2D eigenvalue weighted by Crippen LogP contribution is -2.60. The SMILES string of the molecule is O=C1CCC(N2Cc3c(cccc3N3CC4(CCN(Cc5ccc(OC6CCCC6)cc5)CC4)C3)C2=O)C(=O)N1. The molecule has 8 nitrogen and oxygen atoms in total. The van der Waals surface area contributed by atoms with Crippen LogP contribution in [0.3, 0.4) is 0 Å². The zero-order valence-electron chi connectivity index (χ0n) is 23.1. The van der Waals surface area contributed by atoms with Crippen molar-refractivity contribution in [2.24, 2.45) is 5.41 Å². The zero-order chi connectivity index (χ0) is 27.3. The quantitative estimate of drug-likeness (QED) is 0.558. The van der Waals surface area contributed by atoms with Gasteiger partial charge in [0, 0.05) is 54.8 Å². The summed E-state index contributed by atoms with van der Waals surface area (Å²) in [4.78, 5) is 43.9. The Balaban J connectivity index is 0.935. The van der Waals surface area contributed by atoms with Gasteiger partial charge in [-0.25, -0.2) is 0 Å². The topological polar surface area (TPSA) is 82.2 Å². The summed E-state index contributed by atoms with van der Waals surface area (Å²) >= 11 is 0. The molecular formula is C32H38N4O4. The second-order valence-corrected chi connectivity index (χ2v) is 12.5. The molecule has 1 spiro atoms. The van der Waals surface area contributed by atoms with E-state index in [2.05, 4.69) is 45.4 Å². The molecule has 1 unspecified atom stereocenters. The van der Waals surface area contributed by atoms with E-state index < -0.39 is 6.04 Å². The van der Waals surface area contributed by atoms with Crippen LogP contribution in [0.2, 0.25) is 0 Å². The van der Waals surface area contributed by atoms with Crippen molar-refractivity contribution < 1.29 is 19.1 Å². The number of piperidine rings is 2. The number of nitrogens with one attached hydrogen (secondary N) is 1. The smallest absolute Gasteiger partial charge is 0.255 e. The van der Waals surface area contributed by atoms with Crippen molar-refractivity contribution in [1.29, 1.82) is 0 Å². The standard InChI is InChI=1S/C32H38N4O4/c37-29-13-12-28(30(38)33-29)36-19-26-25(31(36)39)6-3-7-27(26)35-20-32(21-35)14-16-34(17-15-32)18-22-8-10-24(11-9-22)40-23-4-1-2-5-23/h3,6-11,23,28H,1-2,4-5,12-21H2,(H,33,37,38). The van der Waals surface area contributed by atoms with E-state index in [1.54, 1.807) is 4.90 Å². The number of nitrogens with zero attached hydrogens (tertiary/aromatic N) is 3. The minimum Gasteiger partial charge on any atom is -0.490 e. The molecule has 1 aliphatic carbocycles. The Bertz CT molecular complexity index is 1300. The lowest BCUT2D eigenvalue weighted by atomic mass is 9.71. The number of likely N-dealkylation sites (tertiary alicyclic amines) is 1. The van der Waals surface area contributed by atoms with Gasteiger partial charge < -0.3 is 14.5 Å². The highest BCUT2D eigenvalue weighted by Gasteiger charge is 2.47. The molecule has 0 bridgehead atoms. The van der Waals surface area contributed by atoms with Gasteiger partial charge in [0.1, 0.15) is 11.8 Å². The van der Waals surface area contributed by atoms with Crippen molar-refractivity contribution in [3.63, 3.8) is 0 Å². The number of imide groups is 1. The van der Waals surface area contributed by atoms with Gasteiger partial charge in [-0.05, 0) is 87.9 Å². The fourth-order valence-corrected chi connectivity index (χ4v) is 7.43. The summed E-state index contributed by atoms with van der Waals surface area (Å²) in [6.45, 7) is 5.63. The van der Waals surface area contributed by atoms with Gasteiger partial charge in [-0.2, -0.15) is 0 Å². The first-order chi connectivity index (χ1) is 19.5. The summed E-state index contributed by atoms with van der Waals surface area (Å²) in [6.07, 6.45) is 8.36. The number of amides is 3. The first-order valence-corrected chi connectivity index (χ1v) is 15.0. The lowest BCUT2D eigenvalue weighted by Gasteiger charge is -2.55. The Hall–Kier alpha value is -3.39. The maximum Gasteiger partial charge on any atom is 0.255 e. The molecule has 3 saturated heterocycles. The van der Waals surface area contributed by atoms with Crippen LogP contribution in [0.1, 0.15) is 72.9 Å². The molecule has 5 aliphatic rings. The van der Waals surface area contributed by atoms with E-state index >= 15 is 0 Å². The Labute approximate surface area is 235 Å². The molecular weight excluding hydrogens is 504 g/mol. The van der Waals surface area contributed by atoms with Crippen LogP contribution in [-0.2, 0) is 22.7 Å². The van der Waals surface area contributed by atoms with E-state index in [-0.39, 0.29) is 24.1 Å². The summed E-state index contributed by atoms with van der Waals surface area (Å²) in [5.41, 5.74) is 4.51. The summed E-state index contributed by atoms with van der Waals surface area (Å²) in [7, 11) is 0. The minimum absolute atomic E-state index is 0.104. The number of carbonyl (C=O) groups is 3. The van der Waals surface area contributed by atoms with Crippen LogP contribution in [0.4, 0.5) is 5.69 Å². The van der Waals surface area contributed by atoms with Gasteiger partial charge in [0.2, 0.25) is 11.8 Å². The summed E-state index contributed by atoms with van der Waals surface area (Å²) in [5.74, 6) is 0.275. The number of benzene rings is 2. The maximum atomic E-state index is 13.2. The molecule has 1 saturated carbocycles. The van der Waals surface area contributed by atoms with Crippen LogP contribution < -0.4 is 15.0 Å². The van der Waals surface area contributed by atoms with E-state index in [0.29, 0.717) is 30.0 Å². The van der Waals surface area contributed by atoms with Gasteiger partial charge in [0.05, 0.1) is 6.10 Å². The summed E-state index contributed by atoms with van der Waals surface area (Å²) < 4.78 is 6.13. The van der Waals surface area contributed by atoms with Gasteiger partial charge in [-0.15, -0.1) is 0 Å². The first kappa shape index (κ1) is 25.6. The highest BCUT2D eigenvalue weighted by Crippen LogP contribution is 2.45. The molecule has 0 radical (unpaired) electrons. The molecule has 3 amide bonds. The van der Waals surface area contributed by atoms with Crippen LogP contribution in [0.5, 0.6) is 5.75 Å². The number of rotatable bonds is 6. The molecule has 7 rings (SSSR count). The van der Waals surface area contributed by atoms with E-state index in [9.17, 15) is 14.4 Å². The summed E-state index contributed by atoms with van der Waals surface area (Å²) in [6, 6.07) is 14.1. The Morgan fingerprint density at radius 3 is 2.40 bits per heavy atom. The van der Waals surface area contributed by atoms with Crippen LogP contribution in [0, 0.1) is 5.41 Å². The first-order valence-electron chi connectivity index (χ1n) is 15.0. The van der Waals surface area contributed by atoms with Crippen molar-refractivity contribution in [3.05, 3.63) is 59.2 Å². The Morgan fingerprint density at radius 1 is 0.925 bits per heavy atom. The van der Waals surface area contributed by atoms with E-state index in [4.69, 9.17) is 4.74 Å². The molecule has 40 heavy (non-hydrogen) atoms. The van der Waals surface area contributed by atoms with E-state index in [1.165, 1.54) is 44.1 Å². The average Bonchev–Trinajstić information content (AvgIpc) is 3.57. The number of hydrogen-bond donors (Lipinski definition) is 1. The fraction of sp³-hybridized carbons (Fsp3) is 0.531.